The summed E-state index contributed by atoms with van der Waals surface area (Å²) in [5.41, 5.74) is 1.06. The molecule has 3 heterocycles. The third-order valence-electron chi connectivity index (χ3n) is 3.46. The molecule has 20 heavy (non-hydrogen) atoms. The number of aromatic nitrogens is 3. The maximum Gasteiger partial charge on any atom is 0.128 e. The molecule has 7 heteroatoms. The second-order valence-electron chi connectivity index (χ2n) is 4.98. The topological polar surface area (TPSA) is 43.2 Å². The average molecular weight is 313 g/mol. The molecule has 1 aliphatic rings. The first-order valence-corrected chi connectivity index (χ1v) is 7.81. The molecule has 2 aromatic heterocycles. The van der Waals surface area contributed by atoms with E-state index < -0.39 is 0 Å². The Morgan fingerprint density at radius 3 is 3.05 bits per heavy atom. The fraction of sp³-hybridized carbons (Fsp3) is 0.538. The molecule has 0 aliphatic carbocycles. The number of halogens is 1. The van der Waals surface area contributed by atoms with E-state index in [1.54, 1.807) is 17.5 Å². The summed E-state index contributed by atoms with van der Waals surface area (Å²) in [6, 6.07) is 0. The van der Waals surface area contributed by atoms with Gasteiger partial charge in [0.25, 0.3) is 0 Å². The summed E-state index contributed by atoms with van der Waals surface area (Å²) in [6.07, 6.45) is 1.76. The average Bonchev–Trinajstić information content (AvgIpc) is 3.00. The van der Waals surface area contributed by atoms with Crippen LogP contribution in [0.5, 0.6) is 0 Å². The Labute approximate surface area is 127 Å². The first-order valence-electron chi connectivity index (χ1n) is 6.55. The highest BCUT2D eigenvalue weighted by Crippen LogP contribution is 2.26. The van der Waals surface area contributed by atoms with E-state index in [0.717, 1.165) is 42.8 Å². The van der Waals surface area contributed by atoms with Crippen molar-refractivity contribution in [1.29, 1.82) is 0 Å². The van der Waals surface area contributed by atoms with Crippen molar-refractivity contribution < 1.29 is 4.74 Å². The molecule has 3 rings (SSSR count). The third-order valence-corrected chi connectivity index (χ3v) is 4.86. The number of imidazole rings is 1. The number of nitrogens with zero attached hydrogens (tertiary/aromatic N) is 4. The molecule has 0 N–H and O–H groups in total. The van der Waals surface area contributed by atoms with Crippen LogP contribution in [-0.4, -0.2) is 39.1 Å². The predicted octanol–water partition coefficient (Wildman–Crippen LogP) is 2.41. The lowest BCUT2D eigenvalue weighted by Crippen LogP contribution is -2.38. The minimum Gasteiger partial charge on any atom is -0.368 e. The van der Waals surface area contributed by atoms with Crippen molar-refractivity contribution in [2.75, 3.05) is 19.7 Å². The molecule has 2 aromatic rings. The van der Waals surface area contributed by atoms with Crippen molar-refractivity contribution in [2.45, 2.75) is 19.6 Å². The highest BCUT2D eigenvalue weighted by Gasteiger charge is 2.25. The SMILES string of the molecule is Cc1csc([C@H]2CN(Cc3ncc(Cl)n3C)CCO2)n1. The summed E-state index contributed by atoms with van der Waals surface area (Å²) in [6.45, 7) is 5.27. The molecule has 108 valence electrons. The van der Waals surface area contributed by atoms with E-state index in [4.69, 9.17) is 16.3 Å². The van der Waals surface area contributed by atoms with Crippen LogP contribution in [0.4, 0.5) is 0 Å². The predicted molar refractivity (Wildman–Crippen MR) is 79.0 cm³/mol. The van der Waals surface area contributed by atoms with Crippen LogP contribution in [0.1, 0.15) is 22.6 Å². The van der Waals surface area contributed by atoms with Gasteiger partial charge in [-0.3, -0.25) is 4.90 Å². The zero-order valence-electron chi connectivity index (χ0n) is 11.5. The smallest absolute Gasteiger partial charge is 0.128 e. The van der Waals surface area contributed by atoms with E-state index in [1.807, 2.05) is 18.5 Å². The van der Waals surface area contributed by atoms with Crippen molar-refractivity contribution in [3.63, 3.8) is 0 Å². The van der Waals surface area contributed by atoms with Gasteiger partial charge in [0.1, 0.15) is 22.1 Å². The van der Waals surface area contributed by atoms with E-state index in [0.29, 0.717) is 5.15 Å². The zero-order chi connectivity index (χ0) is 14.1. The van der Waals surface area contributed by atoms with E-state index in [1.165, 1.54) is 0 Å². The van der Waals surface area contributed by atoms with Gasteiger partial charge in [-0.05, 0) is 6.92 Å². The molecule has 0 aromatic carbocycles. The van der Waals surface area contributed by atoms with E-state index in [2.05, 4.69) is 20.2 Å². The summed E-state index contributed by atoms with van der Waals surface area (Å²) < 4.78 is 7.75. The number of hydrogen-bond donors (Lipinski definition) is 0. The zero-order valence-corrected chi connectivity index (χ0v) is 13.1. The standard InChI is InChI=1S/C13H17ClN4OS/c1-9-8-20-13(16-9)10-6-18(3-4-19-10)7-12-15-5-11(14)17(12)2/h5,8,10H,3-4,6-7H2,1-2H3/t10-/m1/s1. The number of rotatable bonds is 3. The third kappa shape index (κ3) is 2.88. The molecule has 1 saturated heterocycles. The van der Waals surface area contributed by atoms with Gasteiger partial charge in [0.05, 0.1) is 19.3 Å². The Morgan fingerprint density at radius 1 is 1.55 bits per heavy atom. The summed E-state index contributed by atoms with van der Waals surface area (Å²) in [5, 5.41) is 3.79. The van der Waals surface area contributed by atoms with Gasteiger partial charge in [-0.2, -0.15) is 0 Å². The van der Waals surface area contributed by atoms with Gasteiger partial charge in [-0.25, -0.2) is 9.97 Å². The minimum absolute atomic E-state index is 0.0678. The second-order valence-corrected chi connectivity index (χ2v) is 6.25. The molecule has 1 atom stereocenters. The minimum atomic E-state index is 0.0678. The molecular formula is C13H17ClN4OS. The van der Waals surface area contributed by atoms with Gasteiger partial charge in [0.2, 0.25) is 0 Å². The maximum absolute atomic E-state index is 6.02. The molecule has 0 spiro atoms. The van der Waals surface area contributed by atoms with E-state index in [-0.39, 0.29) is 6.10 Å². The van der Waals surface area contributed by atoms with Crippen LogP contribution in [0, 0.1) is 6.92 Å². The number of ether oxygens (including phenoxy) is 1. The quantitative estimate of drug-likeness (QED) is 0.873. The van der Waals surface area contributed by atoms with Gasteiger partial charge in [-0.15, -0.1) is 11.3 Å². The molecule has 0 amide bonds. The Morgan fingerprint density at radius 2 is 2.40 bits per heavy atom. The maximum atomic E-state index is 6.02. The number of aryl methyl sites for hydroxylation is 1. The lowest BCUT2D eigenvalue weighted by molar-refractivity contribution is -0.0340. The molecule has 5 nitrogen and oxygen atoms in total. The van der Waals surface area contributed by atoms with Gasteiger partial charge in [-0.1, -0.05) is 11.6 Å². The van der Waals surface area contributed by atoms with Crippen LogP contribution in [0.3, 0.4) is 0 Å². The number of thiazole rings is 1. The molecule has 0 bridgehead atoms. The van der Waals surface area contributed by atoms with Crippen molar-refractivity contribution in [3.05, 3.63) is 33.3 Å². The number of morpholine rings is 1. The van der Waals surface area contributed by atoms with Crippen molar-refractivity contribution >= 4 is 22.9 Å². The summed E-state index contributed by atoms with van der Waals surface area (Å²) in [4.78, 5) is 11.2. The highest BCUT2D eigenvalue weighted by atomic mass is 35.5. The van der Waals surface area contributed by atoms with Crippen LogP contribution in [0.25, 0.3) is 0 Å². The van der Waals surface area contributed by atoms with Crippen molar-refractivity contribution in [3.8, 4) is 0 Å². The normalized spacial score (nSPS) is 20.4. The van der Waals surface area contributed by atoms with Gasteiger partial charge >= 0.3 is 0 Å². The Hall–Kier alpha value is -0.950. The molecule has 1 fully saturated rings. The molecule has 0 saturated carbocycles. The van der Waals surface area contributed by atoms with E-state index in [9.17, 15) is 0 Å². The Kier molecular flexibility index (Phi) is 4.07. The monoisotopic (exact) mass is 312 g/mol. The summed E-state index contributed by atoms with van der Waals surface area (Å²) in [5.74, 6) is 0.978. The molecular weight excluding hydrogens is 296 g/mol. The highest BCUT2D eigenvalue weighted by molar-refractivity contribution is 7.09. The number of hydrogen-bond acceptors (Lipinski definition) is 5. The Balaban J connectivity index is 1.68. The van der Waals surface area contributed by atoms with Crippen molar-refractivity contribution in [1.82, 2.24) is 19.4 Å². The fourth-order valence-electron chi connectivity index (χ4n) is 2.29. The van der Waals surface area contributed by atoms with Gasteiger partial charge in [0, 0.05) is 31.2 Å². The fourth-order valence-corrected chi connectivity index (χ4v) is 3.27. The van der Waals surface area contributed by atoms with Crippen LogP contribution < -0.4 is 0 Å². The lowest BCUT2D eigenvalue weighted by Gasteiger charge is -2.31. The van der Waals surface area contributed by atoms with Crippen LogP contribution in [0.2, 0.25) is 5.15 Å². The molecule has 1 aliphatic heterocycles. The largest absolute Gasteiger partial charge is 0.368 e. The first-order chi connectivity index (χ1) is 9.63. The first kappa shape index (κ1) is 14.0. The van der Waals surface area contributed by atoms with Crippen LogP contribution in [-0.2, 0) is 18.3 Å². The van der Waals surface area contributed by atoms with E-state index >= 15 is 0 Å². The molecule has 0 unspecified atom stereocenters. The van der Waals surface area contributed by atoms with Crippen LogP contribution >= 0.6 is 22.9 Å². The summed E-state index contributed by atoms with van der Waals surface area (Å²) in [7, 11) is 1.94. The lowest BCUT2D eigenvalue weighted by atomic mass is 10.2. The molecule has 0 radical (unpaired) electrons. The van der Waals surface area contributed by atoms with Gasteiger partial charge in [0.15, 0.2) is 0 Å². The van der Waals surface area contributed by atoms with Crippen LogP contribution in [0.15, 0.2) is 11.6 Å². The van der Waals surface area contributed by atoms with Crippen molar-refractivity contribution in [2.24, 2.45) is 7.05 Å². The second kappa shape index (κ2) is 5.81. The van der Waals surface area contributed by atoms with Gasteiger partial charge < -0.3 is 9.30 Å². The summed E-state index contributed by atoms with van der Waals surface area (Å²) >= 11 is 7.69. The Bertz CT molecular complexity index is 597.